The van der Waals surface area contributed by atoms with E-state index in [4.69, 9.17) is 33.2 Å². The van der Waals surface area contributed by atoms with Crippen molar-refractivity contribution in [2.75, 3.05) is 35.5 Å². The molecular formula is C30H38O10. The number of hydrogen-bond donors (Lipinski definition) is 1. The highest BCUT2D eigenvalue weighted by molar-refractivity contribution is 5.91. The summed E-state index contributed by atoms with van der Waals surface area (Å²) in [5.74, 6) is -0.926. The van der Waals surface area contributed by atoms with Crippen LogP contribution in [0, 0.1) is 11.8 Å². The Labute approximate surface area is 234 Å². The number of allylic oxidation sites excluding steroid dienone is 1. The van der Waals surface area contributed by atoms with Gasteiger partial charge in [0, 0.05) is 46.6 Å². The lowest BCUT2D eigenvalue weighted by Crippen LogP contribution is -2.31. The maximum Gasteiger partial charge on any atom is 0.333 e. The van der Waals surface area contributed by atoms with Crippen LogP contribution in [0.1, 0.15) is 58.0 Å². The molecule has 40 heavy (non-hydrogen) atoms. The third kappa shape index (κ3) is 5.22. The first-order valence-electron chi connectivity index (χ1n) is 12.8. The van der Waals surface area contributed by atoms with Crippen LogP contribution >= 0.6 is 0 Å². The zero-order chi connectivity index (χ0) is 29.9. The number of aromatic hydroxyl groups is 1. The van der Waals surface area contributed by atoms with Crippen LogP contribution in [-0.4, -0.2) is 52.6 Å². The van der Waals surface area contributed by atoms with Gasteiger partial charge in [0.25, 0.3) is 0 Å². The van der Waals surface area contributed by atoms with Crippen LogP contribution in [0.25, 0.3) is 11.1 Å². The van der Waals surface area contributed by atoms with Gasteiger partial charge in [0.15, 0.2) is 23.0 Å². The van der Waals surface area contributed by atoms with E-state index in [2.05, 4.69) is 0 Å². The van der Waals surface area contributed by atoms with Gasteiger partial charge < -0.3 is 38.3 Å². The maximum absolute atomic E-state index is 13.2. The zero-order valence-corrected chi connectivity index (χ0v) is 24.7. The first kappa shape index (κ1) is 30.5. The molecule has 0 spiro atoms. The number of ether oxygens (including phenoxy) is 7. The van der Waals surface area contributed by atoms with Crippen molar-refractivity contribution in [1.29, 1.82) is 0 Å². The van der Waals surface area contributed by atoms with Crippen LogP contribution in [0.2, 0.25) is 0 Å². The summed E-state index contributed by atoms with van der Waals surface area (Å²) in [5.41, 5.74) is 2.28. The quantitative estimate of drug-likeness (QED) is 0.327. The number of carbonyl (C=O) groups is 2. The second kappa shape index (κ2) is 12.4. The standard InChI is InChI=1S/C30H38O10/c1-11-14(2)30(33)40-25-16(4)15(3)24(39-17(5)31)18-12-20(32)26(35-7)28(37-9)22(18)23-19(25)13-21(34-6)27(36-8)29(23)38-10/h11-13,15-16,24-25,32H,1-10H3/t15-,16+,24-,25-/m1/s1. The van der Waals surface area contributed by atoms with E-state index >= 15 is 0 Å². The molecule has 0 aliphatic heterocycles. The zero-order valence-electron chi connectivity index (χ0n) is 24.7. The number of benzene rings is 2. The molecule has 0 aromatic heterocycles. The molecule has 0 radical (unpaired) electrons. The summed E-state index contributed by atoms with van der Waals surface area (Å²) in [4.78, 5) is 25.5. The van der Waals surface area contributed by atoms with Crippen molar-refractivity contribution in [1.82, 2.24) is 0 Å². The Morgan fingerprint density at radius 1 is 0.725 bits per heavy atom. The molecule has 3 rings (SSSR count). The Hall–Kier alpha value is -4.08. The first-order chi connectivity index (χ1) is 19.0. The molecule has 2 aromatic rings. The monoisotopic (exact) mass is 558 g/mol. The molecule has 0 unspecified atom stereocenters. The van der Waals surface area contributed by atoms with Gasteiger partial charge in [-0.1, -0.05) is 19.9 Å². The highest BCUT2D eigenvalue weighted by Gasteiger charge is 2.43. The third-order valence-corrected chi connectivity index (χ3v) is 7.44. The number of phenolic OH excluding ortho intramolecular Hbond substituents is 1. The average molecular weight is 559 g/mol. The highest BCUT2D eigenvalue weighted by atomic mass is 16.6. The van der Waals surface area contributed by atoms with Crippen LogP contribution in [0.3, 0.4) is 0 Å². The van der Waals surface area contributed by atoms with Gasteiger partial charge in [0.1, 0.15) is 12.2 Å². The predicted octanol–water partition coefficient (Wildman–Crippen LogP) is 5.54. The minimum Gasteiger partial charge on any atom is -0.504 e. The van der Waals surface area contributed by atoms with Crippen molar-refractivity contribution >= 4 is 11.9 Å². The Balaban J connectivity index is 2.64. The maximum atomic E-state index is 13.2. The molecule has 1 aliphatic carbocycles. The van der Waals surface area contributed by atoms with E-state index in [9.17, 15) is 14.7 Å². The molecular weight excluding hydrogens is 520 g/mol. The normalized spacial score (nSPS) is 20.2. The van der Waals surface area contributed by atoms with E-state index in [1.807, 2.05) is 13.8 Å². The van der Waals surface area contributed by atoms with Gasteiger partial charge in [0.05, 0.1) is 35.5 Å². The number of fused-ring (bicyclic) bond motifs is 3. The first-order valence-corrected chi connectivity index (χ1v) is 12.8. The Bertz CT molecular complexity index is 1310. The average Bonchev–Trinajstić information content (AvgIpc) is 2.94. The van der Waals surface area contributed by atoms with E-state index in [0.29, 0.717) is 33.6 Å². The lowest BCUT2D eigenvalue weighted by molar-refractivity contribution is -0.157. The number of carbonyl (C=O) groups excluding carboxylic acids is 2. The topological polar surface area (TPSA) is 119 Å². The number of phenols is 1. The van der Waals surface area contributed by atoms with Crippen LogP contribution < -0.4 is 23.7 Å². The van der Waals surface area contributed by atoms with Crippen LogP contribution in [-0.2, 0) is 19.1 Å². The van der Waals surface area contributed by atoms with Gasteiger partial charge >= 0.3 is 11.9 Å². The fourth-order valence-electron chi connectivity index (χ4n) is 5.14. The summed E-state index contributed by atoms with van der Waals surface area (Å²) in [7, 11) is 7.28. The Kier molecular flexibility index (Phi) is 9.44. The van der Waals surface area contributed by atoms with Gasteiger partial charge in [-0.05, 0) is 26.0 Å². The highest BCUT2D eigenvalue weighted by Crippen LogP contribution is 2.59. The van der Waals surface area contributed by atoms with Crippen molar-refractivity contribution in [3.63, 3.8) is 0 Å². The minimum atomic E-state index is -0.872. The van der Waals surface area contributed by atoms with E-state index in [0.717, 1.165) is 0 Å². The molecule has 0 saturated heterocycles. The lowest BCUT2D eigenvalue weighted by Gasteiger charge is -2.39. The molecule has 1 N–H and O–H groups in total. The molecule has 10 nitrogen and oxygen atoms in total. The molecule has 0 saturated carbocycles. The van der Waals surface area contributed by atoms with Gasteiger partial charge in [0.2, 0.25) is 11.5 Å². The smallest absolute Gasteiger partial charge is 0.333 e. The van der Waals surface area contributed by atoms with Crippen LogP contribution in [0.5, 0.6) is 34.5 Å². The number of hydrogen-bond acceptors (Lipinski definition) is 10. The largest absolute Gasteiger partial charge is 0.504 e. The molecule has 4 atom stereocenters. The second-order valence-corrected chi connectivity index (χ2v) is 9.58. The van der Waals surface area contributed by atoms with Crippen LogP contribution in [0.4, 0.5) is 0 Å². The second-order valence-electron chi connectivity index (χ2n) is 9.58. The minimum absolute atomic E-state index is 0.0604. The molecule has 2 aromatic carbocycles. The van der Waals surface area contributed by atoms with E-state index in [1.165, 1.54) is 48.5 Å². The molecule has 0 bridgehead atoms. The Morgan fingerprint density at radius 3 is 1.65 bits per heavy atom. The molecule has 0 amide bonds. The van der Waals surface area contributed by atoms with Gasteiger partial charge in [-0.2, -0.15) is 0 Å². The molecule has 1 aliphatic rings. The van der Waals surface area contributed by atoms with Gasteiger partial charge in [-0.15, -0.1) is 0 Å². The van der Waals surface area contributed by atoms with Crippen molar-refractivity contribution in [3.05, 3.63) is 34.9 Å². The summed E-state index contributed by atoms with van der Waals surface area (Å²) in [6.45, 7) is 8.53. The SMILES string of the molecule is CC=C(C)C(=O)O[C@H]1c2cc(OC)c(OC)c(OC)c2-c2c(cc(O)c(OC)c2OC)[C@H](OC(C)=O)[C@H](C)[C@@H]1C. The van der Waals surface area contributed by atoms with E-state index < -0.39 is 36.0 Å². The number of esters is 2. The third-order valence-electron chi connectivity index (χ3n) is 7.44. The van der Waals surface area contributed by atoms with Crippen LogP contribution in [0.15, 0.2) is 23.8 Å². The summed E-state index contributed by atoms with van der Waals surface area (Å²) >= 11 is 0. The summed E-state index contributed by atoms with van der Waals surface area (Å²) < 4.78 is 40.7. The lowest BCUT2D eigenvalue weighted by atomic mass is 9.74. The van der Waals surface area contributed by atoms with Gasteiger partial charge in [-0.3, -0.25) is 4.79 Å². The summed E-state index contributed by atoms with van der Waals surface area (Å²) in [6.07, 6.45) is -0.0525. The fourth-order valence-corrected chi connectivity index (χ4v) is 5.14. The van der Waals surface area contributed by atoms with Crippen molar-refractivity contribution in [2.24, 2.45) is 11.8 Å². The molecule has 0 fully saturated rings. The van der Waals surface area contributed by atoms with E-state index in [1.54, 1.807) is 26.0 Å². The molecule has 218 valence electrons. The van der Waals surface area contributed by atoms with Gasteiger partial charge in [-0.25, -0.2) is 4.79 Å². The number of methoxy groups -OCH3 is 5. The fraction of sp³-hybridized carbons (Fsp3) is 0.467. The van der Waals surface area contributed by atoms with Crippen molar-refractivity contribution in [3.8, 4) is 45.6 Å². The molecule has 0 heterocycles. The molecule has 10 heteroatoms. The van der Waals surface area contributed by atoms with E-state index in [-0.39, 0.29) is 28.7 Å². The van der Waals surface area contributed by atoms with Crippen molar-refractivity contribution < 1.29 is 47.9 Å². The van der Waals surface area contributed by atoms with Crippen molar-refractivity contribution in [2.45, 2.75) is 46.8 Å². The summed E-state index contributed by atoms with van der Waals surface area (Å²) in [5, 5.41) is 11.0. The Morgan fingerprint density at radius 2 is 1.20 bits per heavy atom. The summed E-state index contributed by atoms with van der Waals surface area (Å²) in [6, 6.07) is 3.22. The predicted molar refractivity (Wildman–Crippen MR) is 147 cm³/mol. The number of rotatable bonds is 8.